The quantitative estimate of drug-likeness (QED) is 0.659. The Hall–Kier alpha value is -3.41. The molecule has 0 aliphatic carbocycles. The number of nitrogens with zero attached hydrogens (tertiary/aromatic N) is 3. The molecule has 0 radical (unpaired) electrons. The fourth-order valence-corrected chi connectivity index (χ4v) is 3.44. The van der Waals surface area contributed by atoms with E-state index in [4.69, 9.17) is 0 Å². The van der Waals surface area contributed by atoms with Crippen LogP contribution in [0.5, 0.6) is 0 Å². The summed E-state index contributed by atoms with van der Waals surface area (Å²) >= 11 is 0. The first-order valence-corrected chi connectivity index (χ1v) is 10.0. The maximum atomic E-state index is 12.5. The van der Waals surface area contributed by atoms with E-state index in [1.165, 1.54) is 24.9 Å². The highest BCUT2D eigenvalue weighted by Crippen LogP contribution is 2.22. The van der Waals surface area contributed by atoms with Crippen LogP contribution in [0.3, 0.4) is 0 Å². The Bertz CT molecular complexity index is 920. The minimum atomic E-state index is -0.165. The molecule has 0 spiro atoms. The average molecular weight is 387 g/mol. The minimum Gasteiger partial charge on any atom is -0.372 e. The van der Waals surface area contributed by atoms with Crippen LogP contribution in [0.15, 0.2) is 67.1 Å². The first kappa shape index (κ1) is 18.9. The molecule has 0 unspecified atom stereocenters. The summed E-state index contributed by atoms with van der Waals surface area (Å²) in [5, 5.41) is 6.17. The lowest BCUT2D eigenvalue weighted by Gasteiger charge is -2.28. The number of carbonyl (C=O) groups excluding carboxylic acids is 1. The molecule has 148 valence electrons. The second kappa shape index (κ2) is 9.19. The van der Waals surface area contributed by atoms with Crippen molar-refractivity contribution in [2.45, 2.75) is 25.8 Å². The maximum Gasteiger partial charge on any atom is 0.257 e. The minimum absolute atomic E-state index is 0.165. The number of rotatable bonds is 6. The molecule has 0 atom stereocenters. The lowest BCUT2D eigenvalue weighted by molar-refractivity contribution is 0.102. The van der Waals surface area contributed by atoms with Crippen LogP contribution in [-0.2, 0) is 6.54 Å². The topological polar surface area (TPSA) is 70.2 Å². The van der Waals surface area contributed by atoms with E-state index in [0.29, 0.717) is 12.1 Å². The third-order valence-electron chi connectivity index (χ3n) is 5.07. The molecule has 1 aromatic carbocycles. The Morgan fingerprint density at radius 3 is 2.48 bits per heavy atom. The summed E-state index contributed by atoms with van der Waals surface area (Å²) in [6.45, 7) is 2.85. The molecule has 1 amide bonds. The Kier molecular flexibility index (Phi) is 6.00. The van der Waals surface area contributed by atoms with Gasteiger partial charge >= 0.3 is 0 Å². The number of nitrogens with one attached hydrogen (secondary N) is 2. The van der Waals surface area contributed by atoms with Crippen molar-refractivity contribution in [3.8, 4) is 0 Å². The Balaban J connectivity index is 1.32. The van der Waals surface area contributed by atoms with Gasteiger partial charge in [0.05, 0.1) is 5.56 Å². The molecule has 1 aliphatic heterocycles. The second-order valence-electron chi connectivity index (χ2n) is 7.20. The smallest absolute Gasteiger partial charge is 0.257 e. The predicted octanol–water partition coefficient (Wildman–Crippen LogP) is 4.33. The summed E-state index contributed by atoms with van der Waals surface area (Å²) in [4.78, 5) is 23.3. The summed E-state index contributed by atoms with van der Waals surface area (Å²) in [5.41, 5.74) is 3.60. The molecular formula is C23H25N5O. The molecule has 3 aromatic rings. The van der Waals surface area contributed by atoms with Gasteiger partial charge in [-0.15, -0.1) is 0 Å². The van der Waals surface area contributed by atoms with E-state index in [1.807, 2.05) is 36.5 Å². The predicted molar refractivity (Wildman–Crippen MR) is 116 cm³/mol. The molecule has 2 N–H and O–H groups in total. The number of carbonyl (C=O) groups is 1. The van der Waals surface area contributed by atoms with Crippen molar-refractivity contribution in [3.63, 3.8) is 0 Å². The van der Waals surface area contributed by atoms with Crippen LogP contribution < -0.4 is 15.5 Å². The highest BCUT2D eigenvalue weighted by molar-refractivity contribution is 6.04. The molecule has 6 heteroatoms. The van der Waals surface area contributed by atoms with Crippen molar-refractivity contribution >= 4 is 23.1 Å². The molecule has 0 bridgehead atoms. The van der Waals surface area contributed by atoms with E-state index in [1.54, 1.807) is 18.5 Å². The van der Waals surface area contributed by atoms with Crippen molar-refractivity contribution in [2.24, 2.45) is 0 Å². The summed E-state index contributed by atoms with van der Waals surface area (Å²) < 4.78 is 0. The van der Waals surface area contributed by atoms with Crippen LogP contribution in [0.4, 0.5) is 17.2 Å². The van der Waals surface area contributed by atoms with Gasteiger partial charge in [-0.3, -0.25) is 9.78 Å². The number of aromatic nitrogens is 2. The van der Waals surface area contributed by atoms with Gasteiger partial charge in [0.1, 0.15) is 5.82 Å². The van der Waals surface area contributed by atoms with E-state index in [-0.39, 0.29) is 5.91 Å². The molecule has 4 rings (SSSR count). The monoisotopic (exact) mass is 387 g/mol. The highest BCUT2D eigenvalue weighted by Gasteiger charge is 2.11. The molecule has 0 saturated carbocycles. The van der Waals surface area contributed by atoms with Crippen molar-refractivity contribution in [1.29, 1.82) is 0 Å². The number of benzene rings is 1. The van der Waals surface area contributed by atoms with Crippen LogP contribution in [0.1, 0.15) is 35.2 Å². The van der Waals surface area contributed by atoms with Gasteiger partial charge in [-0.25, -0.2) is 4.98 Å². The highest BCUT2D eigenvalue weighted by atomic mass is 16.1. The molecule has 6 nitrogen and oxygen atoms in total. The SMILES string of the molecule is O=C(Nc1ccc(N2CCCCC2)cc1)c1ccc(NCc2cccnc2)nc1. The summed E-state index contributed by atoms with van der Waals surface area (Å²) in [7, 11) is 0. The van der Waals surface area contributed by atoms with Crippen LogP contribution in [0.2, 0.25) is 0 Å². The van der Waals surface area contributed by atoms with Gasteiger partial charge in [0.2, 0.25) is 0 Å². The van der Waals surface area contributed by atoms with E-state index < -0.39 is 0 Å². The van der Waals surface area contributed by atoms with Gasteiger partial charge in [0.25, 0.3) is 5.91 Å². The number of pyridine rings is 2. The number of anilines is 3. The van der Waals surface area contributed by atoms with Crippen LogP contribution in [0.25, 0.3) is 0 Å². The standard InChI is InChI=1S/C23H25N5O/c29-23(27-20-7-9-21(10-8-20)28-13-2-1-3-14-28)19-6-11-22(26-17-19)25-16-18-5-4-12-24-15-18/h4-12,15,17H,1-3,13-14,16H2,(H,25,26)(H,27,29). The van der Waals surface area contributed by atoms with Crippen LogP contribution >= 0.6 is 0 Å². The molecule has 2 aromatic heterocycles. The van der Waals surface area contributed by atoms with Gasteiger partial charge in [-0.2, -0.15) is 0 Å². The number of hydrogen-bond donors (Lipinski definition) is 2. The zero-order chi connectivity index (χ0) is 19.9. The fraction of sp³-hybridized carbons (Fsp3) is 0.261. The van der Waals surface area contributed by atoms with Crippen LogP contribution in [0, 0.1) is 0 Å². The molecule has 1 aliphatic rings. The van der Waals surface area contributed by atoms with Crippen molar-refractivity contribution < 1.29 is 4.79 Å². The third-order valence-corrected chi connectivity index (χ3v) is 5.07. The van der Waals surface area contributed by atoms with E-state index in [0.717, 1.165) is 30.2 Å². The van der Waals surface area contributed by atoms with Crippen molar-refractivity contribution in [3.05, 3.63) is 78.2 Å². The third kappa shape index (κ3) is 5.10. The Morgan fingerprint density at radius 2 is 1.79 bits per heavy atom. The van der Waals surface area contributed by atoms with Gasteiger partial charge in [-0.05, 0) is 67.3 Å². The largest absolute Gasteiger partial charge is 0.372 e. The molecular weight excluding hydrogens is 362 g/mol. The maximum absolute atomic E-state index is 12.5. The number of hydrogen-bond acceptors (Lipinski definition) is 5. The average Bonchev–Trinajstić information content (AvgIpc) is 2.80. The zero-order valence-electron chi connectivity index (χ0n) is 16.3. The number of amides is 1. The first-order valence-electron chi connectivity index (χ1n) is 10.0. The normalized spacial score (nSPS) is 13.7. The Morgan fingerprint density at radius 1 is 0.966 bits per heavy atom. The van der Waals surface area contributed by atoms with Gasteiger partial charge in [0.15, 0.2) is 0 Å². The first-order chi connectivity index (χ1) is 14.3. The lowest BCUT2D eigenvalue weighted by atomic mass is 10.1. The summed E-state index contributed by atoms with van der Waals surface area (Å²) in [5.74, 6) is 0.554. The molecule has 3 heterocycles. The van der Waals surface area contributed by atoms with Crippen LogP contribution in [-0.4, -0.2) is 29.0 Å². The van der Waals surface area contributed by atoms with Gasteiger partial charge in [0, 0.05) is 49.6 Å². The molecule has 1 saturated heterocycles. The number of piperidine rings is 1. The summed E-state index contributed by atoms with van der Waals surface area (Å²) in [6.07, 6.45) is 8.96. The van der Waals surface area contributed by atoms with E-state index >= 15 is 0 Å². The van der Waals surface area contributed by atoms with E-state index in [2.05, 4.69) is 37.6 Å². The lowest BCUT2D eigenvalue weighted by Crippen LogP contribution is -2.29. The zero-order valence-corrected chi connectivity index (χ0v) is 16.3. The van der Waals surface area contributed by atoms with Crippen molar-refractivity contribution in [2.75, 3.05) is 28.6 Å². The fourth-order valence-electron chi connectivity index (χ4n) is 3.44. The second-order valence-corrected chi connectivity index (χ2v) is 7.20. The molecule has 1 fully saturated rings. The van der Waals surface area contributed by atoms with Gasteiger partial charge < -0.3 is 15.5 Å². The summed E-state index contributed by atoms with van der Waals surface area (Å²) in [6, 6.07) is 15.5. The molecule has 29 heavy (non-hydrogen) atoms. The van der Waals surface area contributed by atoms with Gasteiger partial charge in [-0.1, -0.05) is 6.07 Å². The van der Waals surface area contributed by atoms with E-state index in [9.17, 15) is 4.79 Å². The Labute approximate surface area is 171 Å². The van der Waals surface area contributed by atoms with Crippen molar-refractivity contribution in [1.82, 2.24) is 9.97 Å².